The van der Waals surface area contributed by atoms with Gasteiger partial charge in [-0.15, -0.1) is 0 Å². The average molecular weight is 449 g/mol. The maximum Gasteiger partial charge on any atom is 0.328 e. The highest BCUT2D eigenvalue weighted by molar-refractivity contribution is 5.89. The van der Waals surface area contributed by atoms with Crippen molar-refractivity contribution in [1.82, 2.24) is 0 Å². The number of fused-ring (bicyclic) bond motifs is 1. The quantitative estimate of drug-likeness (QED) is 0.477. The number of halogens is 1. The van der Waals surface area contributed by atoms with Gasteiger partial charge in [0.15, 0.2) is 0 Å². The number of aliphatic carboxylic acids is 2. The molecule has 4 rings (SSSR count). The van der Waals surface area contributed by atoms with Gasteiger partial charge in [0.1, 0.15) is 17.3 Å². The van der Waals surface area contributed by atoms with Crippen LogP contribution in [-0.4, -0.2) is 28.2 Å². The molecule has 0 aromatic heterocycles. The molecule has 1 aliphatic carbocycles. The van der Waals surface area contributed by atoms with Crippen LogP contribution in [0, 0.1) is 5.82 Å². The summed E-state index contributed by atoms with van der Waals surface area (Å²) in [4.78, 5) is 19.1. The molecule has 33 heavy (non-hydrogen) atoms. The minimum Gasteiger partial charge on any atom is -0.478 e. The van der Waals surface area contributed by atoms with Crippen molar-refractivity contribution in [2.45, 2.75) is 24.8 Å². The first kappa shape index (κ1) is 23.7. The molecular formula is C26H24FNO5. The van der Waals surface area contributed by atoms with Crippen LogP contribution in [-0.2, 0) is 22.4 Å². The van der Waals surface area contributed by atoms with Gasteiger partial charge in [-0.3, -0.25) is 0 Å². The third-order valence-electron chi connectivity index (χ3n) is 5.22. The van der Waals surface area contributed by atoms with Crippen molar-refractivity contribution in [1.29, 1.82) is 0 Å². The fraction of sp³-hybridized carbons (Fsp3) is 0.154. The Balaban J connectivity index is 0.000000331. The average Bonchev–Trinajstić information content (AvgIpc) is 3.11. The van der Waals surface area contributed by atoms with Crippen LogP contribution in [0.4, 0.5) is 4.39 Å². The van der Waals surface area contributed by atoms with Gasteiger partial charge in [-0.25, -0.2) is 14.0 Å². The number of carbonyl (C=O) groups is 2. The Morgan fingerprint density at radius 2 is 1.45 bits per heavy atom. The van der Waals surface area contributed by atoms with E-state index in [1.54, 1.807) is 12.1 Å². The molecule has 0 bridgehead atoms. The topological polar surface area (TPSA) is 110 Å². The van der Waals surface area contributed by atoms with Crippen LogP contribution in [0.25, 0.3) is 0 Å². The second-order valence-corrected chi connectivity index (χ2v) is 7.59. The Hall–Kier alpha value is -3.97. The third kappa shape index (κ3) is 7.02. The third-order valence-corrected chi connectivity index (χ3v) is 5.22. The molecule has 4 N–H and O–H groups in total. The van der Waals surface area contributed by atoms with Crippen LogP contribution in [0.5, 0.6) is 11.5 Å². The molecule has 1 aliphatic rings. The largest absolute Gasteiger partial charge is 0.478 e. The number of hydrogen-bond donors (Lipinski definition) is 3. The summed E-state index contributed by atoms with van der Waals surface area (Å²) in [6.07, 6.45) is 2.99. The van der Waals surface area contributed by atoms with Crippen LogP contribution in [0.3, 0.4) is 0 Å². The van der Waals surface area contributed by atoms with Gasteiger partial charge in [0.2, 0.25) is 0 Å². The fourth-order valence-corrected chi connectivity index (χ4v) is 3.70. The zero-order valence-electron chi connectivity index (χ0n) is 17.7. The van der Waals surface area contributed by atoms with E-state index in [9.17, 15) is 14.0 Å². The van der Waals surface area contributed by atoms with Crippen molar-refractivity contribution >= 4 is 11.9 Å². The first-order valence-corrected chi connectivity index (χ1v) is 10.3. The summed E-state index contributed by atoms with van der Waals surface area (Å²) in [5, 5.41) is 15.6. The summed E-state index contributed by atoms with van der Waals surface area (Å²) in [6.45, 7) is 0. The monoisotopic (exact) mass is 449 g/mol. The Kier molecular flexibility index (Phi) is 7.94. The predicted molar refractivity (Wildman–Crippen MR) is 122 cm³/mol. The molecule has 0 aliphatic heterocycles. The molecule has 0 spiro atoms. The van der Waals surface area contributed by atoms with E-state index in [-0.39, 0.29) is 11.9 Å². The first-order chi connectivity index (χ1) is 15.8. The predicted octanol–water partition coefficient (Wildman–Crippen LogP) is 4.54. The zero-order valence-corrected chi connectivity index (χ0v) is 17.7. The van der Waals surface area contributed by atoms with E-state index in [0.717, 1.165) is 18.6 Å². The molecule has 7 heteroatoms. The van der Waals surface area contributed by atoms with Crippen molar-refractivity contribution in [3.05, 3.63) is 107 Å². The Bertz CT molecular complexity index is 1110. The number of nitrogens with two attached hydrogens (primary N) is 1. The van der Waals surface area contributed by atoms with Crippen LogP contribution in [0.15, 0.2) is 84.9 Å². The molecule has 170 valence electrons. The van der Waals surface area contributed by atoms with E-state index < -0.39 is 11.9 Å². The summed E-state index contributed by atoms with van der Waals surface area (Å²) in [7, 11) is 0. The smallest absolute Gasteiger partial charge is 0.328 e. The maximum absolute atomic E-state index is 12.9. The fourth-order valence-electron chi connectivity index (χ4n) is 3.70. The van der Waals surface area contributed by atoms with Gasteiger partial charge in [-0.05, 0) is 65.9 Å². The van der Waals surface area contributed by atoms with Gasteiger partial charge in [0.05, 0.1) is 0 Å². The van der Waals surface area contributed by atoms with Crippen LogP contribution in [0.2, 0.25) is 0 Å². The number of carboxylic acid groups (broad SMARTS) is 2. The van der Waals surface area contributed by atoms with Crippen LogP contribution in [0.1, 0.15) is 22.6 Å². The van der Waals surface area contributed by atoms with E-state index in [2.05, 4.69) is 36.4 Å². The minimum atomic E-state index is -1.26. The standard InChI is InChI=1S/C22H20FNO.C4H4O4/c23-17-7-11-19(12-8-17)25-18-9-5-15(6-10-18)13-21-20-4-2-1-3-16(20)14-22(21)24;5-3(6)1-2-4(7)8/h1-12,21-22H,13-14,24H2;1-2H,(H,5,6)(H,7,8)/b;2-1-/t21-,22+;/m0./s1. The first-order valence-electron chi connectivity index (χ1n) is 10.3. The maximum atomic E-state index is 12.9. The lowest BCUT2D eigenvalue weighted by atomic mass is 9.91. The molecular weight excluding hydrogens is 425 g/mol. The summed E-state index contributed by atoms with van der Waals surface area (Å²) in [5.74, 6) is -1.05. The summed E-state index contributed by atoms with van der Waals surface area (Å²) < 4.78 is 18.7. The molecule has 0 fully saturated rings. The Morgan fingerprint density at radius 1 is 0.909 bits per heavy atom. The molecule has 0 radical (unpaired) electrons. The lowest BCUT2D eigenvalue weighted by Gasteiger charge is -2.17. The Morgan fingerprint density at radius 3 is 2.03 bits per heavy atom. The lowest BCUT2D eigenvalue weighted by Crippen LogP contribution is -2.26. The number of benzene rings is 3. The molecule has 0 amide bonds. The van der Waals surface area contributed by atoms with E-state index in [1.165, 1.54) is 28.8 Å². The van der Waals surface area contributed by atoms with E-state index in [1.807, 2.05) is 12.1 Å². The minimum absolute atomic E-state index is 0.174. The van der Waals surface area contributed by atoms with Gasteiger partial charge >= 0.3 is 11.9 Å². The Labute approximate surface area is 190 Å². The molecule has 2 atom stereocenters. The van der Waals surface area contributed by atoms with E-state index in [0.29, 0.717) is 23.8 Å². The highest BCUT2D eigenvalue weighted by Gasteiger charge is 2.29. The van der Waals surface area contributed by atoms with Gasteiger partial charge in [0.25, 0.3) is 0 Å². The van der Waals surface area contributed by atoms with Gasteiger partial charge in [-0.1, -0.05) is 36.4 Å². The number of rotatable bonds is 6. The molecule has 3 aromatic rings. The number of carboxylic acids is 2. The summed E-state index contributed by atoms with van der Waals surface area (Å²) >= 11 is 0. The highest BCUT2D eigenvalue weighted by atomic mass is 19.1. The molecule has 3 aromatic carbocycles. The highest BCUT2D eigenvalue weighted by Crippen LogP contribution is 2.35. The molecule has 0 heterocycles. The van der Waals surface area contributed by atoms with Gasteiger partial charge in [0, 0.05) is 24.1 Å². The van der Waals surface area contributed by atoms with Gasteiger partial charge in [-0.2, -0.15) is 0 Å². The normalized spacial score (nSPS) is 16.5. The van der Waals surface area contributed by atoms with Crippen molar-refractivity contribution < 1.29 is 28.9 Å². The summed E-state index contributed by atoms with van der Waals surface area (Å²) in [6, 6.07) is 22.8. The van der Waals surface area contributed by atoms with Gasteiger partial charge < -0.3 is 20.7 Å². The van der Waals surface area contributed by atoms with E-state index >= 15 is 0 Å². The second kappa shape index (κ2) is 11.1. The number of ether oxygens (including phenoxy) is 1. The molecule has 6 nitrogen and oxygen atoms in total. The molecule has 0 unspecified atom stereocenters. The summed E-state index contributed by atoms with van der Waals surface area (Å²) in [5.41, 5.74) is 10.4. The van der Waals surface area contributed by atoms with Crippen molar-refractivity contribution in [2.24, 2.45) is 5.73 Å². The number of hydrogen-bond acceptors (Lipinski definition) is 4. The van der Waals surface area contributed by atoms with E-state index in [4.69, 9.17) is 20.7 Å². The van der Waals surface area contributed by atoms with Crippen molar-refractivity contribution in [3.63, 3.8) is 0 Å². The molecule has 0 saturated heterocycles. The van der Waals surface area contributed by atoms with Crippen molar-refractivity contribution in [2.75, 3.05) is 0 Å². The SMILES string of the molecule is N[C@@H]1Cc2ccccc2[C@@H]1Cc1ccc(Oc2ccc(F)cc2)cc1.O=C(O)/C=C\C(=O)O. The zero-order chi connectivity index (χ0) is 23.8. The molecule has 0 saturated carbocycles. The van der Waals surface area contributed by atoms with Crippen molar-refractivity contribution in [3.8, 4) is 11.5 Å². The lowest BCUT2D eigenvalue weighted by molar-refractivity contribution is -0.134. The van der Waals surface area contributed by atoms with Crippen LogP contribution < -0.4 is 10.5 Å². The second-order valence-electron chi connectivity index (χ2n) is 7.59. The van der Waals surface area contributed by atoms with Crippen LogP contribution >= 0.6 is 0 Å².